The van der Waals surface area contributed by atoms with Crippen LogP contribution in [0.5, 0.6) is 0 Å². The van der Waals surface area contributed by atoms with Crippen LogP contribution in [-0.2, 0) is 0 Å². The Hall–Kier alpha value is -1.57. The number of aromatic nitrogens is 1. The second kappa shape index (κ2) is 4.74. The third kappa shape index (κ3) is 3.45. The molecule has 2 aromatic rings. The van der Waals surface area contributed by atoms with Crippen molar-refractivity contribution < 1.29 is 0 Å². The molecule has 0 aliphatic rings. The van der Waals surface area contributed by atoms with Gasteiger partial charge in [-0.2, -0.15) is 0 Å². The number of para-hydroxylation sites is 1. The number of nitrogens with zero attached hydrogens (tertiary/aromatic N) is 1. The molecule has 0 amide bonds. The molecule has 0 unspecified atom stereocenters. The predicted octanol–water partition coefficient (Wildman–Crippen LogP) is 4.08. The molecule has 0 saturated heterocycles. The van der Waals surface area contributed by atoms with Crippen LogP contribution in [0.3, 0.4) is 0 Å². The zero-order valence-electron chi connectivity index (χ0n) is 10.8. The number of hydrogen-bond acceptors (Lipinski definition) is 2. The summed E-state index contributed by atoms with van der Waals surface area (Å²) in [6, 6.07) is 10.3. The minimum absolute atomic E-state index is 0.372. The van der Waals surface area contributed by atoms with Crippen molar-refractivity contribution in [1.82, 2.24) is 4.98 Å². The monoisotopic (exact) mass is 228 g/mol. The van der Waals surface area contributed by atoms with Crippen LogP contribution in [0.4, 0.5) is 5.69 Å². The summed E-state index contributed by atoms with van der Waals surface area (Å²) < 4.78 is 0. The Balaban J connectivity index is 2.04. The SMILES string of the molecule is CC(C)(C)CCNc1cnc2ccccc2c1. The van der Waals surface area contributed by atoms with E-state index in [0.717, 1.165) is 24.2 Å². The van der Waals surface area contributed by atoms with E-state index in [0.29, 0.717) is 5.41 Å². The molecule has 17 heavy (non-hydrogen) atoms. The molecule has 1 aromatic carbocycles. The lowest BCUT2D eigenvalue weighted by molar-refractivity contribution is 0.390. The topological polar surface area (TPSA) is 24.9 Å². The fraction of sp³-hybridized carbons (Fsp3) is 0.400. The number of fused-ring (bicyclic) bond motifs is 1. The molecule has 1 heterocycles. The quantitative estimate of drug-likeness (QED) is 0.856. The highest BCUT2D eigenvalue weighted by Gasteiger charge is 2.08. The average Bonchev–Trinajstić information content (AvgIpc) is 2.27. The largest absolute Gasteiger partial charge is 0.384 e. The average molecular weight is 228 g/mol. The van der Waals surface area contributed by atoms with Gasteiger partial charge in [0.25, 0.3) is 0 Å². The predicted molar refractivity (Wildman–Crippen MR) is 74.3 cm³/mol. The minimum Gasteiger partial charge on any atom is -0.384 e. The smallest absolute Gasteiger partial charge is 0.0703 e. The summed E-state index contributed by atoms with van der Waals surface area (Å²) in [5, 5.41) is 4.62. The summed E-state index contributed by atoms with van der Waals surface area (Å²) >= 11 is 0. The van der Waals surface area contributed by atoms with Crippen molar-refractivity contribution in [3.8, 4) is 0 Å². The molecule has 0 atom stereocenters. The van der Waals surface area contributed by atoms with E-state index in [-0.39, 0.29) is 0 Å². The Labute approximate surface area is 103 Å². The van der Waals surface area contributed by atoms with Crippen molar-refractivity contribution in [3.05, 3.63) is 36.5 Å². The number of pyridine rings is 1. The Bertz CT molecular complexity index is 497. The van der Waals surface area contributed by atoms with E-state index >= 15 is 0 Å². The lowest BCUT2D eigenvalue weighted by atomic mass is 9.92. The molecule has 1 aromatic heterocycles. The second-order valence-electron chi connectivity index (χ2n) is 5.65. The van der Waals surface area contributed by atoms with E-state index < -0.39 is 0 Å². The fourth-order valence-corrected chi connectivity index (χ4v) is 1.75. The summed E-state index contributed by atoms with van der Waals surface area (Å²) in [5.74, 6) is 0. The van der Waals surface area contributed by atoms with Crippen molar-refractivity contribution >= 4 is 16.6 Å². The molecule has 0 fully saturated rings. The number of hydrogen-bond donors (Lipinski definition) is 1. The number of rotatable bonds is 3. The standard InChI is InChI=1S/C15H20N2/c1-15(2,3)8-9-16-13-10-12-6-4-5-7-14(12)17-11-13/h4-7,10-11,16H,8-9H2,1-3H3. The molecule has 2 nitrogen and oxygen atoms in total. The molecular formula is C15H20N2. The zero-order chi connectivity index (χ0) is 12.3. The highest BCUT2D eigenvalue weighted by atomic mass is 14.9. The summed E-state index contributed by atoms with van der Waals surface area (Å²) in [4.78, 5) is 4.43. The van der Waals surface area contributed by atoms with Crippen molar-refractivity contribution in [3.63, 3.8) is 0 Å². The van der Waals surface area contributed by atoms with E-state index in [1.807, 2.05) is 24.4 Å². The first-order chi connectivity index (χ1) is 8.04. The van der Waals surface area contributed by atoms with Gasteiger partial charge in [-0.3, -0.25) is 4.98 Å². The Morgan fingerprint density at radius 3 is 2.71 bits per heavy atom. The van der Waals surface area contributed by atoms with Gasteiger partial charge in [0.15, 0.2) is 0 Å². The van der Waals surface area contributed by atoms with E-state index in [1.165, 1.54) is 5.39 Å². The van der Waals surface area contributed by atoms with Gasteiger partial charge in [-0.1, -0.05) is 39.0 Å². The first-order valence-corrected chi connectivity index (χ1v) is 6.13. The molecule has 90 valence electrons. The van der Waals surface area contributed by atoms with Gasteiger partial charge in [0.05, 0.1) is 17.4 Å². The highest BCUT2D eigenvalue weighted by molar-refractivity contribution is 5.81. The first-order valence-electron chi connectivity index (χ1n) is 6.13. The van der Waals surface area contributed by atoms with E-state index in [9.17, 15) is 0 Å². The maximum Gasteiger partial charge on any atom is 0.0703 e. The van der Waals surface area contributed by atoms with Gasteiger partial charge < -0.3 is 5.32 Å². The first kappa shape index (κ1) is 11.9. The van der Waals surface area contributed by atoms with Crippen LogP contribution in [0.25, 0.3) is 10.9 Å². The van der Waals surface area contributed by atoms with Crippen LogP contribution >= 0.6 is 0 Å². The second-order valence-corrected chi connectivity index (χ2v) is 5.65. The Morgan fingerprint density at radius 2 is 1.94 bits per heavy atom. The van der Waals surface area contributed by atoms with Crippen molar-refractivity contribution in [1.29, 1.82) is 0 Å². The van der Waals surface area contributed by atoms with Gasteiger partial charge >= 0.3 is 0 Å². The van der Waals surface area contributed by atoms with Gasteiger partial charge in [0.2, 0.25) is 0 Å². The Kier molecular flexibility index (Phi) is 3.32. The molecule has 0 bridgehead atoms. The lowest BCUT2D eigenvalue weighted by Crippen LogP contribution is -2.12. The van der Waals surface area contributed by atoms with Crippen LogP contribution in [0.15, 0.2) is 36.5 Å². The van der Waals surface area contributed by atoms with E-state index in [4.69, 9.17) is 0 Å². The van der Waals surface area contributed by atoms with Gasteiger partial charge in [0, 0.05) is 11.9 Å². The van der Waals surface area contributed by atoms with E-state index in [1.54, 1.807) is 0 Å². The summed E-state index contributed by atoms with van der Waals surface area (Å²) in [7, 11) is 0. The maximum absolute atomic E-state index is 4.43. The van der Waals surface area contributed by atoms with Crippen LogP contribution in [0.2, 0.25) is 0 Å². The van der Waals surface area contributed by atoms with Gasteiger partial charge in [-0.15, -0.1) is 0 Å². The van der Waals surface area contributed by atoms with Crippen LogP contribution in [0.1, 0.15) is 27.2 Å². The van der Waals surface area contributed by atoms with Crippen molar-refractivity contribution in [2.75, 3.05) is 11.9 Å². The summed E-state index contributed by atoms with van der Waals surface area (Å²) in [5.41, 5.74) is 2.53. The minimum atomic E-state index is 0.372. The number of benzene rings is 1. The highest BCUT2D eigenvalue weighted by Crippen LogP contribution is 2.20. The van der Waals surface area contributed by atoms with Gasteiger partial charge in [-0.05, 0) is 24.0 Å². The fourth-order valence-electron chi connectivity index (χ4n) is 1.75. The third-order valence-electron chi connectivity index (χ3n) is 2.79. The molecule has 0 aliphatic heterocycles. The maximum atomic E-state index is 4.43. The number of nitrogens with one attached hydrogen (secondary N) is 1. The molecule has 1 N–H and O–H groups in total. The molecular weight excluding hydrogens is 208 g/mol. The third-order valence-corrected chi connectivity index (χ3v) is 2.79. The number of anilines is 1. The van der Waals surface area contributed by atoms with Gasteiger partial charge in [-0.25, -0.2) is 0 Å². The Morgan fingerprint density at radius 1 is 1.18 bits per heavy atom. The normalized spacial score (nSPS) is 11.7. The molecule has 0 saturated carbocycles. The zero-order valence-corrected chi connectivity index (χ0v) is 10.8. The van der Waals surface area contributed by atoms with Gasteiger partial charge in [0.1, 0.15) is 0 Å². The molecule has 0 radical (unpaired) electrons. The molecule has 0 spiro atoms. The molecule has 0 aliphatic carbocycles. The van der Waals surface area contributed by atoms with Crippen LogP contribution in [-0.4, -0.2) is 11.5 Å². The lowest BCUT2D eigenvalue weighted by Gasteiger charge is -2.18. The molecule has 2 rings (SSSR count). The summed E-state index contributed by atoms with van der Waals surface area (Å²) in [6.45, 7) is 7.76. The van der Waals surface area contributed by atoms with Crippen LogP contribution < -0.4 is 5.32 Å². The summed E-state index contributed by atoms with van der Waals surface area (Å²) in [6.07, 6.45) is 3.06. The van der Waals surface area contributed by atoms with Crippen LogP contribution in [0, 0.1) is 5.41 Å². The molecule has 2 heteroatoms. The van der Waals surface area contributed by atoms with E-state index in [2.05, 4.69) is 43.2 Å². The van der Waals surface area contributed by atoms with Crippen molar-refractivity contribution in [2.45, 2.75) is 27.2 Å². The van der Waals surface area contributed by atoms with Crippen molar-refractivity contribution in [2.24, 2.45) is 5.41 Å².